The van der Waals surface area contributed by atoms with Crippen LogP contribution in [-0.4, -0.2) is 28.8 Å². The SMILES string of the molecule is COc1ccccc1CNc1nncc(NCCc2ccc(F)cc2)n1. The maximum atomic E-state index is 12.9. The van der Waals surface area contributed by atoms with E-state index in [4.69, 9.17) is 4.74 Å². The van der Waals surface area contributed by atoms with Crippen LogP contribution < -0.4 is 15.4 Å². The Labute approximate surface area is 151 Å². The van der Waals surface area contributed by atoms with Crippen LogP contribution >= 0.6 is 0 Å². The van der Waals surface area contributed by atoms with E-state index >= 15 is 0 Å². The van der Waals surface area contributed by atoms with Crippen molar-refractivity contribution in [3.63, 3.8) is 0 Å². The highest BCUT2D eigenvalue weighted by molar-refractivity contribution is 5.40. The second-order valence-corrected chi connectivity index (χ2v) is 5.63. The molecule has 3 aromatic rings. The lowest BCUT2D eigenvalue weighted by molar-refractivity contribution is 0.410. The second kappa shape index (κ2) is 8.75. The van der Waals surface area contributed by atoms with E-state index in [9.17, 15) is 4.39 Å². The van der Waals surface area contributed by atoms with Gasteiger partial charge in [0.2, 0.25) is 5.95 Å². The van der Waals surface area contributed by atoms with Crippen molar-refractivity contribution in [2.24, 2.45) is 0 Å². The molecule has 0 aliphatic carbocycles. The minimum atomic E-state index is -0.229. The first-order chi connectivity index (χ1) is 12.7. The maximum absolute atomic E-state index is 12.9. The smallest absolute Gasteiger partial charge is 0.244 e. The van der Waals surface area contributed by atoms with Gasteiger partial charge in [-0.2, -0.15) is 10.1 Å². The van der Waals surface area contributed by atoms with Crippen molar-refractivity contribution in [2.75, 3.05) is 24.3 Å². The summed E-state index contributed by atoms with van der Waals surface area (Å²) in [5.74, 6) is 1.64. The number of aromatic nitrogens is 3. The van der Waals surface area contributed by atoms with E-state index in [-0.39, 0.29) is 5.82 Å². The van der Waals surface area contributed by atoms with Gasteiger partial charge in [0.25, 0.3) is 0 Å². The van der Waals surface area contributed by atoms with Gasteiger partial charge in [-0.1, -0.05) is 30.3 Å². The standard InChI is InChI=1S/C19H20FN5O/c1-26-17-5-3-2-4-15(17)12-22-19-24-18(13-23-25-19)21-11-10-14-6-8-16(20)9-7-14/h2-9,13H,10-12H2,1H3,(H2,21,22,24,25). The van der Waals surface area contributed by atoms with Gasteiger partial charge >= 0.3 is 0 Å². The number of ether oxygens (including phenoxy) is 1. The lowest BCUT2D eigenvalue weighted by Gasteiger charge is -2.10. The first kappa shape index (κ1) is 17.6. The van der Waals surface area contributed by atoms with Crippen LogP contribution in [0.5, 0.6) is 5.75 Å². The van der Waals surface area contributed by atoms with Crippen LogP contribution in [0.2, 0.25) is 0 Å². The van der Waals surface area contributed by atoms with Crippen LogP contribution in [0, 0.1) is 5.82 Å². The zero-order chi connectivity index (χ0) is 18.2. The van der Waals surface area contributed by atoms with Crippen molar-refractivity contribution in [3.8, 4) is 5.75 Å². The molecule has 0 bridgehead atoms. The first-order valence-corrected chi connectivity index (χ1v) is 8.28. The zero-order valence-corrected chi connectivity index (χ0v) is 14.4. The van der Waals surface area contributed by atoms with Crippen molar-refractivity contribution in [1.29, 1.82) is 0 Å². The summed E-state index contributed by atoms with van der Waals surface area (Å²) in [6.45, 7) is 1.20. The van der Waals surface area contributed by atoms with Gasteiger partial charge in [0, 0.05) is 18.7 Å². The maximum Gasteiger partial charge on any atom is 0.244 e. The molecule has 0 amide bonds. The lowest BCUT2D eigenvalue weighted by atomic mass is 10.1. The predicted octanol–water partition coefficient (Wildman–Crippen LogP) is 3.29. The molecule has 0 aliphatic rings. The van der Waals surface area contributed by atoms with Crippen molar-refractivity contribution in [1.82, 2.24) is 15.2 Å². The Balaban J connectivity index is 1.53. The van der Waals surface area contributed by atoms with E-state index in [1.54, 1.807) is 25.4 Å². The third kappa shape index (κ3) is 4.89. The largest absolute Gasteiger partial charge is 0.496 e. The average Bonchev–Trinajstić information content (AvgIpc) is 2.68. The minimum absolute atomic E-state index is 0.229. The molecule has 0 aliphatic heterocycles. The second-order valence-electron chi connectivity index (χ2n) is 5.63. The molecule has 0 saturated carbocycles. The van der Waals surface area contributed by atoms with Crippen molar-refractivity contribution >= 4 is 11.8 Å². The van der Waals surface area contributed by atoms with Gasteiger partial charge in [-0.3, -0.25) is 0 Å². The molecular formula is C19H20FN5O. The Morgan fingerprint density at radius 2 is 1.85 bits per heavy atom. The zero-order valence-electron chi connectivity index (χ0n) is 14.4. The van der Waals surface area contributed by atoms with Gasteiger partial charge in [-0.15, -0.1) is 5.10 Å². The molecule has 0 unspecified atom stereocenters. The number of hydrogen-bond donors (Lipinski definition) is 2. The average molecular weight is 353 g/mol. The van der Waals surface area contributed by atoms with Gasteiger partial charge in [0.05, 0.1) is 13.3 Å². The Kier molecular flexibility index (Phi) is 5.92. The number of nitrogens with zero attached hydrogens (tertiary/aromatic N) is 3. The van der Waals surface area contributed by atoms with Crippen LogP contribution in [0.3, 0.4) is 0 Å². The molecule has 1 aromatic heterocycles. The van der Waals surface area contributed by atoms with Crippen LogP contribution in [0.25, 0.3) is 0 Å². The quantitative estimate of drug-likeness (QED) is 0.647. The number of methoxy groups -OCH3 is 1. The molecule has 2 aromatic carbocycles. The normalized spacial score (nSPS) is 10.4. The van der Waals surface area contributed by atoms with Crippen LogP contribution in [0.4, 0.5) is 16.2 Å². The molecule has 0 spiro atoms. The predicted molar refractivity (Wildman–Crippen MR) is 98.7 cm³/mol. The number of nitrogens with one attached hydrogen (secondary N) is 2. The molecule has 0 atom stereocenters. The lowest BCUT2D eigenvalue weighted by Crippen LogP contribution is -2.10. The van der Waals surface area contributed by atoms with E-state index < -0.39 is 0 Å². The summed E-state index contributed by atoms with van der Waals surface area (Å²) in [6.07, 6.45) is 2.33. The molecule has 0 radical (unpaired) electrons. The van der Waals surface area contributed by atoms with Gasteiger partial charge in [0.1, 0.15) is 11.6 Å². The molecule has 0 saturated heterocycles. The number of hydrogen-bond acceptors (Lipinski definition) is 6. The third-order valence-electron chi connectivity index (χ3n) is 3.82. The molecule has 1 heterocycles. The van der Waals surface area contributed by atoms with E-state index in [1.165, 1.54) is 12.1 Å². The molecule has 26 heavy (non-hydrogen) atoms. The Bertz CT molecular complexity index is 841. The van der Waals surface area contributed by atoms with Gasteiger partial charge in [0.15, 0.2) is 5.82 Å². The van der Waals surface area contributed by atoms with Crippen molar-refractivity contribution in [3.05, 3.63) is 71.7 Å². The summed E-state index contributed by atoms with van der Waals surface area (Å²) in [6, 6.07) is 14.2. The highest BCUT2D eigenvalue weighted by Gasteiger charge is 2.04. The highest BCUT2D eigenvalue weighted by atomic mass is 19.1. The van der Waals surface area contributed by atoms with Crippen molar-refractivity contribution < 1.29 is 9.13 Å². The van der Waals surface area contributed by atoms with E-state index in [1.807, 2.05) is 24.3 Å². The fourth-order valence-corrected chi connectivity index (χ4v) is 2.47. The number of anilines is 2. The van der Waals surface area contributed by atoms with E-state index in [0.717, 1.165) is 23.3 Å². The molecule has 6 nitrogen and oxygen atoms in total. The molecular weight excluding hydrogens is 333 g/mol. The van der Waals surface area contributed by atoms with Gasteiger partial charge in [-0.05, 0) is 30.2 Å². The van der Waals surface area contributed by atoms with E-state index in [2.05, 4.69) is 25.8 Å². The fourth-order valence-electron chi connectivity index (χ4n) is 2.47. The van der Waals surface area contributed by atoms with Crippen molar-refractivity contribution in [2.45, 2.75) is 13.0 Å². The summed E-state index contributed by atoms with van der Waals surface area (Å²) >= 11 is 0. The van der Waals surface area contributed by atoms with Crippen LogP contribution in [0.15, 0.2) is 54.7 Å². The molecule has 134 valence electrons. The minimum Gasteiger partial charge on any atom is -0.496 e. The highest BCUT2D eigenvalue weighted by Crippen LogP contribution is 2.18. The monoisotopic (exact) mass is 353 g/mol. The Morgan fingerprint density at radius 3 is 2.65 bits per heavy atom. The third-order valence-corrected chi connectivity index (χ3v) is 3.82. The summed E-state index contributed by atoms with van der Waals surface area (Å²) < 4.78 is 18.2. The Morgan fingerprint density at radius 1 is 1.04 bits per heavy atom. The van der Waals surface area contributed by atoms with Crippen LogP contribution in [0.1, 0.15) is 11.1 Å². The molecule has 0 fully saturated rings. The summed E-state index contributed by atoms with van der Waals surface area (Å²) in [5, 5.41) is 14.3. The van der Waals surface area contributed by atoms with Gasteiger partial charge < -0.3 is 15.4 Å². The number of benzene rings is 2. The van der Waals surface area contributed by atoms with Crippen LogP contribution in [-0.2, 0) is 13.0 Å². The number of para-hydroxylation sites is 1. The fraction of sp³-hybridized carbons (Fsp3) is 0.211. The first-order valence-electron chi connectivity index (χ1n) is 8.28. The topological polar surface area (TPSA) is 72.0 Å². The Hall–Kier alpha value is -3.22. The van der Waals surface area contributed by atoms with E-state index in [0.29, 0.717) is 24.9 Å². The summed E-state index contributed by atoms with van der Waals surface area (Å²) in [7, 11) is 1.64. The molecule has 7 heteroatoms. The molecule has 2 N–H and O–H groups in total. The number of halogens is 1. The van der Waals surface area contributed by atoms with Gasteiger partial charge in [-0.25, -0.2) is 4.39 Å². The number of rotatable bonds is 8. The molecule has 3 rings (SSSR count). The summed E-state index contributed by atoms with van der Waals surface area (Å²) in [5.41, 5.74) is 2.06. The summed E-state index contributed by atoms with van der Waals surface area (Å²) in [4.78, 5) is 4.39.